The Hall–Kier alpha value is -3.77. The smallest absolute Gasteiger partial charge is 0.397 e. The number of aromatic nitrogens is 1. The maximum atomic E-state index is 14.7. The second kappa shape index (κ2) is 10.4. The van der Waals surface area contributed by atoms with Crippen LogP contribution >= 0.6 is 11.6 Å². The number of nitrogens with zero attached hydrogens (tertiary/aromatic N) is 3. The van der Waals surface area contributed by atoms with Gasteiger partial charge in [-0.2, -0.15) is 18.4 Å². The highest BCUT2D eigenvalue weighted by Gasteiger charge is 2.43. The van der Waals surface area contributed by atoms with Gasteiger partial charge in [-0.15, -0.1) is 0 Å². The van der Waals surface area contributed by atoms with Crippen LogP contribution in [0.1, 0.15) is 59.5 Å². The molecule has 3 aromatic rings. The molecule has 1 saturated carbocycles. The summed E-state index contributed by atoms with van der Waals surface area (Å²) in [5.74, 6) is -1.31. The Kier molecular flexibility index (Phi) is 7.17. The van der Waals surface area contributed by atoms with E-state index < -0.39 is 12.1 Å². The van der Waals surface area contributed by atoms with Crippen molar-refractivity contribution < 1.29 is 22.6 Å². The van der Waals surface area contributed by atoms with Gasteiger partial charge in [-0.3, -0.25) is 4.99 Å². The van der Waals surface area contributed by atoms with E-state index in [0.29, 0.717) is 46.0 Å². The number of benzene rings is 2. The highest BCUT2D eigenvalue weighted by molar-refractivity contribution is 6.32. The molecule has 2 N–H and O–H groups in total. The molecule has 1 aromatic heterocycles. The van der Waals surface area contributed by atoms with Gasteiger partial charge in [0.2, 0.25) is 0 Å². The van der Waals surface area contributed by atoms with Gasteiger partial charge in [-0.1, -0.05) is 24.6 Å². The number of pyridine rings is 1. The van der Waals surface area contributed by atoms with Crippen molar-refractivity contribution in [2.45, 2.75) is 50.2 Å². The molecule has 2 aliphatic rings. The average molecular weight is 555 g/mol. The summed E-state index contributed by atoms with van der Waals surface area (Å²) in [4.78, 5) is 8.93. The van der Waals surface area contributed by atoms with Gasteiger partial charge in [-0.05, 0) is 55.2 Å². The number of hydrogen-bond acceptors (Lipinski definition) is 6. The lowest BCUT2D eigenvalue weighted by molar-refractivity contribution is -0.151. The first-order chi connectivity index (χ1) is 18.6. The first kappa shape index (κ1) is 26.8. The molecule has 10 heteroatoms. The lowest BCUT2D eigenvalue weighted by atomic mass is 9.90. The molecule has 39 heavy (non-hydrogen) atoms. The van der Waals surface area contributed by atoms with Gasteiger partial charge in [-0.25, -0.2) is 4.98 Å². The molecule has 2 atom stereocenters. The summed E-state index contributed by atoms with van der Waals surface area (Å²) in [5.41, 5.74) is 8.96. The number of hydrogen-bond donors (Lipinski definition) is 1. The van der Waals surface area contributed by atoms with E-state index in [-0.39, 0.29) is 40.4 Å². The molecule has 2 aromatic carbocycles. The zero-order valence-corrected chi connectivity index (χ0v) is 22.1. The second-order valence-electron chi connectivity index (χ2n) is 9.94. The number of anilines is 1. The molecular weight excluding hydrogens is 529 g/mol. The van der Waals surface area contributed by atoms with Gasteiger partial charge in [0.05, 0.1) is 41.7 Å². The predicted octanol–water partition coefficient (Wildman–Crippen LogP) is 6.83. The molecule has 5 rings (SSSR count). The van der Waals surface area contributed by atoms with E-state index in [1.165, 1.54) is 31.4 Å². The summed E-state index contributed by atoms with van der Waals surface area (Å²) < 4.78 is 55.2. The minimum Gasteiger partial charge on any atom is -0.495 e. The first-order valence-corrected chi connectivity index (χ1v) is 12.9. The van der Waals surface area contributed by atoms with Crippen molar-refractivity contribution in [2.75, 3.05) is 19.5 Å². The van der Waals surface area contributed by atoms with Crippen molar-refractivity contribution in [3.63, 3.8) is 0 Å². The number of ether oxygens (including phenoxy) is 2. The Morgan fingerprint density at radius 3 is 2.69 bits per heavy atom. The number of nitriles is 1. The molecule has 202 valence electrons. The number of nitrogen functional groups attached to an aromatic ring is 1. The number of fused-ring (bicyclic) bond motifs is 1. The largest absolute Gasteiger partial charge is 0.495 e. The highest BCUT2D eigenvalue weighted by atomic mass is 35.5. The number of methoxy groups -OCH3 is 1. The number of aliphatic imine (C=N–C) groups is 1. The standard InChI is InChI=1S/C29H26ClF3N4O2/c1-15-14-39-28-21(15)11-24(37-27(28)17-3-4-18(12-34)23(30)10-17)22(29(31,32)33)8-16-7-19(13-36-20-5-6-20)26(35)25(9-16)38-2/h3-4,7,9-11,13,15,20,22H,5-6,8,14,35H2,1-2H3. The van der Waals surface area contributed by atoms with Crippen molar-refractivity contribution in [1.82, 2.24) is 4.98 Å². The van der Waals surface area contributed by atoms with E-state index in [1.807, 2.05) is 13.0 Å². The highest BCUT2D eigenvalue weighted by Crippen LogP contribution is 2.46. The van der Waals surface area contributed by atoms with Gasteiger partial charge in [0, 0.05) is 28.8 Å². The van der Waals surface area contributed by atoms with E-state index in [4.69, 9.17) is 26.8 Å². The minimum absolute atomic E-state index is 0.120. The van der Waals surface area contributed by atoms with Gasteiger partial charge in [0.15, 0.2) is 0 Å². The lowest BCUT2D eigenvalue weighted by Crippen LogP contribution is -2.24. The van der Waals surface area contributed by atoms with Crippen LogP contribution in [0.15, 0.2) is 41.4 Å². The third kappa shape index (κ3) is 5.52. The second-order valence-corrected chi connectivity index (χ2v) is 10.3. The van der Waals surface area contributed by atoms with E-state index >= 15 is 0 Å². The van der Waals surface area contributed by atoms with Gasteiger partial charge in [0.25, 0.3) is 0 Å². The van der Waals surface area contributed by atoms with Gasteiger partial charge >= 0.3 is 6.18 Å². The fourth-order valence-corrected chi connectivity index (χ4v) is 4.87. The van der Waals surface area contributed by atoms with E-state index in [0.717, 1.165) is 12.8 Å². The summed E-state index contributed by atoms with van der Waals surface area (Å²) in [6.45, 7) is 2.22. The Morgan fingerprint density at radius 2 is 2.05 bits per heavy atom. The number of halogens is 4. The lowest BCUT2D eigenvalue weighted by Gasteiger charge is -2.23. The number of rotatable bonds is 7. The predicted molar refractivity (Wildman–Crippen MR) is 144 cm³/mol. The molecule has 0 spiro atoms. The minimum atomic E-state index is -4.60. The fourth-order valence-electron chi connectivity index (χ4n) is 4.65. The Labute approximate surface area is 229 Å². The van der Waals surface area contributed by atoms with Crippen molar-refractivity contribution in [3.8, 4) is 28.8 Å². The summed E-state index contributed by atoms with van der Waals surface area (Å²) >= 11 is 6.24. The average Bonchev–Trinajstić information content (AvgIpc) is 3.66. The Balaban J connectivity index is 1.60. The molecule has 0 saturated heterocycles. The quantitative estimate of drug-likeness (QED) is 0.255. The van der Waals surface area contributed by atoms with Crippen molar-refractivity contribution >= 4 is 23.5 Å². The molecule has 2 heterocycles. The van der Waals surface area contributed by atoms with Crippen LogP contribution in [-0.2, 0) is 6.42 Å². The maximum Gasteiger partial charge on any atom is 0.397 e. The Morgan fingerprint density at radius 1 is 1.28 bits per heavy atom. The van der Waals surface area contributed by atoms with Crippen LogP contribution < -0.4 is 15.2 Å². The third-order valence-corrected chi connectivity index (χ3v) is 7.32. The van der Waals surface area contributed by atoms with Crippen molar-refractivity contribution in [3.05, 3.63) is 69.4 Å². The van der Waals surface area contributed by atoms with Crippen LogP contribution in [0.4, 0.5) is 18.9 Å². The summed E-state index contributed by atoms with van der Waals surface area (Å²) in [6, 6.07) is 11.5. The summed E-state index contributed by atoms with van der Waals surface area (Å²) in [6.07, 6.45) is -1.38. The molecule has 0 amide bonds. The van der Waals surface area contributed by atoms with E-state index in [1.54, 1.807) is 18.3 Å². The van der Waals surface area contributed by atoms with Gasteiger partial charge in [0.1, 0.15) is 29.2 Å². The number of alkyl halides is 3. The topological polar surface area (TPSA) is 93.5 Å². The van der Waals surface area contributed by atoms with E-state index in [2.05, 4.69) is 9.98 Å². The van der Waals surface area contributed by atoms with Crippen LogP contribution in [0.5, 0.6) is 11.5 Å². The van der Waals surface area contributed by atoms with Crippen LogP contribution in [0.25, 0.3) is 11.3 Å². The van der Waals surface area contributed by atoms with Crippen LogP contribution in [0.3, 0.4) is 0 Å². The number of nitrogens with two attached hydrogens (primary N) is 1. The van der Waals surface area contributed by atoms with Gasteiger partial charge < -0.3 is 15.2 Å². The molecule has 1 aliphatic heterocycles. The molecule has 0 bridgehead atoms. The molecule has 1 fully saturated rings. The normalized spacial score (nSPS) is 17.5. The molecule has 2 unspecified atom stereocenters. The molecule has 1 aliphatic carbocycles. The zero-order valence-electron chi connectivity index (χ0n) is 21.3. The monoisotopic (exact) mass is 554 g/mol. The van der Waals surface area contributed by atoms with Crippen LogP contribution in [0, 0.1) is 11.3 Å². The molecule has 0 radical (unpaired) electrons. The van der Waals surface area contributed by atoms with E-state index in [9.17, 15) is 18.4 Å². The summed E-state index contributed by atoms with van der Waals surface area (Å²) in [5, 5.41) is 9.41. The van der Waals surface area contributed by atoms with Crippen molar-refractivity contribution in [2.24, 2.45) is 4.99 Å². The first-order valence-electron chi connectivity index (χ1n) is 12.5. The van der Waals surface area contributed by atoms with Crippen LogP contribution in [0.2, 0.25) is 5.02 Å². The van der Waals surface area contributed by atoms with Crippen LogP contribution in [-0.4, -0.2) is 37.1 Å². The molecular formula is C29H26ClF3N4O2. The molecule has 6 nitrogen and oxygen atoms in total. The Bertz CT molecular complexity index is 1500. The summed E-state index contributed by atoms with van der Waals surface area (Å²) in [7, 11) is 1.43. The third-order valence-electron chi connectivity index (χ3n) is 7.01. The maximum absolute atomic E-state index is 14.7. The van der Waals surface area contributed by atoms with Crippen molar-refractivity contribution in [1.29, 1.82) is 5.26 Å². The zero-order chi connectivity index (χ0) is 27.9. The SMILES string of the molecule is COc1cc(CC(c2cc3c(c(-c4ccc(C#N)c(Cl)c4)n2)OCC3C)C(F)(F)F)cc(C=NC2CC2)c1N. The fraction of sp³-hybridized carbons (Fsp3) is 0.345.